The molecule has 0 aliphatic heterocycles. The van der Waals surface area contributed by atoms with Gasteiger partial charge in [-0.1, -0.05) is 13.8 Å². The van der Waals surface area contributed by atoms with Crippen LogP contribution in [0.4, 0.5) is 0 Å². The monoisotopic (exact) mass is 154 g/mol. The summed E-state index contributed by atoms with van der Waals surface area (Å²) in [5.41, 5.74) is 1.19. The molecule has 0 aliphatic carbocycles. The normalized spacial score (nSPS) is 18.8. The summed E-state index contributed by atoms with van der Waals surface area (Å²) in [4.78, 5) is 8.14. The fourth-order valence-corrected chi connectivity index (χ4v) is 0.948. The summed E-state index contributed by atoms with van der Waals surface area (Å²) < 4.78 is 0. The van der Waals surface area contributed by atoms with E-state index in [2.05, 4.69) is 30.8 Å². The van der Waals surface area contributed by atoms with E-state index in [-0.39, 0.29) is 0 Å². The van der Waals surface area contributed by atoms with Crippen LogP contribution in [0.3, 0.4) is 0 Å². The van der Waals surface area contributed by atoms with Gasteiger partial charge in [-0.15, -0.1) is 0 Å². The first-order valence-electron chi connectivity index (χ1n) is 3.99. The van der Waals surface area contributed by atoms with Gasteiger partial charge < -0.3 is 4.99 Å². The Bertz CT molecular complexity index is 159. The zero-order chi connectivity index (χ0) is 8.85. The molecule has 64 valence electrons. The molecule has 0 aliphatic rings. The average Bonchev–Trinajstić information content (AvgIpc) is 2.02. The van der Waals surface area contributed by atoms with Gasteiger partial charge in [0.2, 0.25) is 0 Å². The third kappa shape index (κ3) is 3.30. The van der Waals surface area contributed by atoms with Crippen LogP contribution in [-0.4, -0.2) is 26.0 Å². The van der Waals surface area contributed by atoms with E-state index < -0.39 is 0 Å². The van der Waals surface area contributed by atoms with Crippen LogP contribution in [0.2, 0.25) is 0 Å². The number of hydrogen-bond donors (Lipinski definition) is 0. The molecule has 2 unspecified atom stereocenters. The molecule has 0 amide bonds. The molecule has 0 radical (unpaired) electrons. The molecule has 0 heterocycles. The highest BCUT2D eigenvalue weighted by molar-refractivity contribution is 5.86. The number of rotatable bonds is 3. The summed E-state index contributed by atoms with van der Waals surface area (Å²) in [5, 5.41) is 0. The summed E-state index contributed by atoms with van der Waals surface area (Å²) >= 11 is 0. The minimum atomic E-state index is 0.490. The Morgan fingerprint density at radius 3 is 2.18 bits per heavy atom. The Labute approximate surface area is 69.4 Å². The van der Waals surface area contributed by atoms with E-state index in [1.54, 1.807) is 0 Å². The molecule has 0 aromatic rings. The van der Waals surface area contributed by atoms with E-state index in [0.717, 1.165) is 0 Å². The average molecular weight is 154 g/mol. The third-order valence-corrected chi connectivity index (χ3v) is 2.18. The molecular weight excluding hydrogens is 136 g/mol. The number of hydrogen-bond acceptors (Lipinski definition) is 2. The number of nitrogens with zero attached hydrogens (tertiary/aromatic N) is 2. The van der Waals surface area contributed by atoms with Gasteiger partial charge in [-0.2, -0.15) is 0 Å². The maximum absolute atomic E-state index is 4.15. The zero-order valence-corrected chi connectivity index (χ0v) is 8.13. The molecule has 0 N–H and O–H groups in total. The lowest BCUT2D eigenvalue weighted by Crippen LogP contribution is -2.17. The molecule has 0 saturated carbocycles. The van der Waals surface area contributed by atoms with Gasteiger partial charge in [0.15, 0.2) is 0 Å². The Kier molecular flexibility index (Phi) is 4.75. The first kappa shape index (κ1) is 10.3. The standard InChI is InChI=1S/C9H18N2/c1-7(6-10-4)8(2)9(3)11-5/h6-8H,1-5H3. The van der Waals surface area contributed by atoms with Crippen molar-refractivity contribution in [2.45, 2.75) is 20.8 Å². The van der Waals surface area contributed by atoms with Crippen LogP contribution in [0.1, 0.15) is 20.8 Å². The van der Waals surface area contributed by atoms with E-state index in [9.17, 15) is 0 Å². The van der Waals surface area contributed by atoms with E-state index in [1.165, 1.54) is 5.71 Å². The molecule has 0 aromatic carbocycles. The van der Waals surface area contributed by atoms with Crippen molar-refractivity contribution in [2.75, 3.05) is 14.1 Å². The van der Waals surface area contributed by atoms with Crippen LogP contribution in [0, 0.1) is 11.8 Å². The van der Waals surface area contributed by atoms with Gasteiger partial charge >= 0.3 is 0 Å². The van der Waals surface area contributed by atoms with Crippen molar-refractivity contribution in [1.29, 1.82) is 0 Å². The lowest BCUT2D eigenvalue weighted by molar-refractivity contribution is 0.631. The van der Waals surface area contributed by atoms with Crippen molar-refractivity contribution in [3.63, 3.8) is 0 Å². The molecule has 2 atom stereocenters. The topological polar surface area (TPSA) is 24.7 Å². The van der Waals surface area contributed by atoms with Crippen LogP contribution >= 0.6 is 0 Å². The summed E-state index contributed by atoms with van der Waals surface area (Å²) in [6.07, 6.45) is 1.97. The van der Waals surface area contributed by atoms with Gasteiger partial charge in [-0.05, 0) is 12.8 Å². The van der Waals surface area contributed by atoms with Crippen LogP contribution in [0.5, 0.6) is 0 Å². The highest BCUT2D eigenvalue weighted by Crippen LogP contribution is 2.10. The Balaban J connectivity index is 4.12. The smallest absolute Gasteiger partial charge is 0.0276 e. The fraction of sp³-hybridized carbons (Fsp3) is 0.778. The second-order valence-corrected chi connectivity index (χ2v) is 2.92. The maximum atomic E-state index is 4.15. The van der Waals surface area contributed by atoms with Crippen LogP contribution in [0.25, 0.3) is 0 Å². The fourth-order valence-electron chi connectivity index (χ4n) is 0.948. The van der Waals surface area contributed by atoms with Gasteiger partial charge in [0, 0.05) is 31.9 Å². The van der Waals surface area contributed by atoms with Gasteiger partial charge in [0.05, 0.1) is 0 Å². The van der Waals surface area contributed by atoms with Gasteiger partial charge in [0.25, 0.3) is 0 Å². The van der Waals surface area contributed by atoms with Gasteiger partial charge in [-0.25, -0.2) is 0 Å². The Morgan fingerprint density at radius 1 is 1.27 bits per heavy atom. The van der Waals surface area contributed by atoms with Crippen LogP contribution in [-0.2, 0) is 0 Å². The summed E-state index contributed by atoms with van der Waals surface area (Å²) in [7, 11) is 3.64. The summed E-state index contributed by atoms with van der Waals surface area (Å²) in [6.45, 7) is 6.39. The molecule has 0 fully saturated rings. The van der Waals surface area contributed by atoms with Crippen molar-refractivity contribution in [3.8, 4) is 0 Å². The van der Waals surface area contributed by atoms with E-state index in [1.807, 2.05) is 20.3 Å². The summed E-state index contributed by atoms with van der Waals surface area (Å²) in [6, 6.07) is 0. The molecule has 11 heavy (non-hydrogen) atoms. The first-order valence-corrected chi connectivity index (χ1v) is 3.99. The predicted octanol–water partition coefficient (Wildman–Crippen LogP) is 2.05. The Morgan fingerprint density at radius 2 is 1.82 bits per heavy atom. The minimum Gasteiger partial charge on any atom is -0.301 e. The highest BCUT2D eigenvalue weighted by Gasteiger charge is 2.11. The molecule has 0 saturated heterocycles. The summed E-state index contributed by atoms with van der Waals surface area (Å²) in [5.74, 6) is 0.993. The molecule has 2 heteroatoms. The van der Waals surface area contributed by atoms with Crippen molar-refractivity contribution < 1.29 is 0 Å². The lowest BCUT2D eigenvalue weighted by atomic mass is 9.93. The predicted molar refractivity (Wildman–Crippen MR) is 51.8 cm³/mol. The van der Waals surface area contributed by atoms with E-state index in [0.29, 0.717) is 11.8 Å². The second kappa shape index (κ2) is 5.05. The SMILES string of the molecule is CN=CC(C)C(C)C(C)=NC. The van der Waals surface area contributed by atoms with E-state index >= 15 is 0 Å². The molecule has 2 nitrogen and oxygen atoms in total. The van der Waals surface area contributed by atoms with Gasteiger partial charge in [0.1, 0.15) is 0 Å². The maximum Gasteiger partial charge on any atom is 0.0276 e. The third-order valence-electron chi connectivity index (χ3n) is 2.18. The van der Waals surface area contributed by atoms with E-state index in [4.69, 9.17) is 0 Å². The first-order chi connectivity index (χ1) is 5.13. The number of aliphatic imine (C=N–C) groups is 2. The largest absolute Gasteiger partial charge is 0.301 e. The Hall–Kier alpha value is -0.660. The van der Waals surface area contributed by atoms with Crippen LogP contribution < -0.4 is 0 Å². The molecule has 0 spiro atoms. The molecule has 0 aromatic heterocycles. The second-order valence-electron chi connectivity index (χ2n) is 2.92. The quantitative estimate of drug-likeness (QED) is 0.556. The van der Waals surface area contributed by atoms with Crippen molar-refractivity contribution in [1.82, 2.24) is 0 Å². The van der Waals surface area contributed by atoms with Crippen molar-refractivity contribution in [2.24, 2.45) is 21.8 Å². The zero-order valence-electron chi connectivity index (χ0n) is 8.13. The van der Waals surface area contributed by atoms with Crippen LogP contribution in [0.15, 0.2) is 9.98 Å². The highest BCUT2D eigenvalue weighted by atomic mass is 14.7. The minimum absolute atomic E-state index is 0.490. The molecule has 0 rings (SSSR count). The lowest BCUT2D eigenvalue weighted by Gasteiger charge is -2.14. The van der Waals surface area contributed by atoms with Crippen molar-refractivity contribution in [3.05, 3.63) is 0 Å². The van der Waals surface area contributed by atoms with Crippen molar-refractivity contribution >= 4 is 11.9 Å². The molecular formula is C9H18N2. The molecule has 0 bridgehead atoms. The van der Waals surface area contributed by atoms with Gasteiger partial charge in [-0.3, -0.25) is 4.99 Å².